The summed E-state index contributed by atoms with van der Waals surface area (Å²) < 4.78 is 0. The van der Waals surface area contributed by atoms with E-state index in [1.54, 1.807) is 0 Å². The molecule has 0 aromatic heterocycles. The molecule has 2 aliphatic rings. The van der Waals surface area contributed by atoms with Crippen molar-refractivity contribution in [3.8, 4) is 11.8 Å². The fourth-order valence-electron chi connectivity index (χ4n) is 3.81. The molecule has 0 radical (unpaired) electrons. The fourth-order valence-corrected chi connectivity index (χ4v) is 3.81. The van der Waals surface area contributed by atoms with Crippen LogP contribution < -0.4 is 0 Å². The summed E-state index contributed by atoms with van der Waals surface area (Å²) in [5, 5.41) is 0. The smallest absolute Gasteiger partial charge is 0.0601 e. The van der Waals surface area contributed by atoms with Crippen LogP contribution in [0.4, 0.5) is 0 Å². The average Bonchev–Trinajstić information content (AvgIpc) is 2.44. The summed E-state index contributed by atoms with van der Waals surface area (Å²) >= 11 is 0. The molecule has 120 valence electrons. The molecule has 0 bridgehead atoms. The van der Waals surface area contributed by atoms with E-state index >= 15 is 0 Å². The summed E-state index contributed by atoms with van der Waals surface area (Å²) in [7, 11) is 0. The molecular formula is C19H34N2. The SMILES string of the molecule is CCC(CC)CN1CC2(CCN(CC#CC(C)C)CC2)C1. The van der Waals surface area contributed by atoms with Crippen molar-refractivity contribution in [2.24, 2.45) is 17.3 Å². The molecule has 0 aliphatic carbocycles. The Morgan fingerprint density at radius 2 is 1.62 bits per heavy atom. The topological polar surface area (TPSA) is 6.48 Å². The Kier molecular flexibility index (Phi) is 6.14. The molecule has 0 unspecified atom stereocenters. The number of rotatable bonds is 5. The summed E-state index contributed by atoms with van der Waals surface area (Å²) in [6, 6.07) is 0. The van der Waals surface area contributed by atoms with Gasteiger partial charge in [0.1, 0.15) is 0 Å². The van der Waals surface area contributed by atoms with E-state index in [1.165, 1.54) is 58.4 Å². The third-order valence-electron chi connectivity index (χ3n) is 5.40. The van der Waals surface area contributed by atoms with Crippen LogP contribution in [-0.2, 0) is 0 Å². The van der Waals surface area contributed by atoms with Gasteiger partial charge >= 0.3 is 0 Å². The Bertz CT molecular complexity index is 357. The Morgan fingerprint density at radius 3 is 2.14 bits per heavy atom. The maximum atomic E-state index is 3.33. The second kappa shape index (κ2) is 7.65. The normalized spacial score (nSPS) is 22.4. The largest absolute Gasteiger partial charge is 0.302 e. The maximum Gasteiger partial charge on any atom is 0.0601 e. The second-order valence-corrected chi connectivity index (χ2v) is 7.60. The predicted molar refractivity (Wildman–Crippen MR) is 91.2 cm³/mol. The van der Waals surface area contributed by atoms with Gasteiger partial charge < -0.3 is 4.90 Å². The first-order valence-corrected chi connectivity index (χ1v) is 9.00. The lowest BCUT2D eigenvalue weighted by Gasteiger charge is -2.54. The van der Waals surface area contributed by atoms with Gasteiger partial charge in [-0.1, -0.05) is 52.4 Å². The van der Waals surface area contributed by atoms with E-state index in [0.29, 0.717) is 11.3 Å². The van der Waals surface area contributed by atoms with Gasteiger partial charge in [-0.3, -0.25) is 4.90 Å². The first kappa shape index (κ1) is 16.8. The lowest BCUT2D eigenvalue weighted by Crippen LogP contribution is -2.61. The van der Waals surface area contributed by atoms with Crippen LogP contribution in [0.15, 0.2) is 0 Å². The number of hydrogen-bond acceptors (Lipinski definition) is 2. The number of hydrogen-bond donors (Lipinski definition) is 0. The van der Waals surface area contributed by atoms with E-state index < -0.39 is 0 Å². The van der Waals surface area contributed by atoms with E-state index in [1.807, 2.05) is 0 Å². The zero-order valence-corrected chi connectivity index (χ0v) is 14.6. The van der Waals surface area contributed by atoms with Gasteiger partial charge in [-0.25, -0.2) is 0 Å². The minimum absolute atomic E-state index is 0.506. The molecule has 2 aliphatic heterocycles. The van der Waals surface area contributed by atoms with E-state index in [0.717, 1.165) is 12.5 Å². The van der Waals surface area contributed by atoms with Crippen LogP contribution in [0.2, 0.25) is 0 Å². The Labute approximate surface area is 132 Å². The molecule has 0 N–H and O–H groups in total. The zero-order valence-electron chi connectivity index (χ0n) is 14.6. The van der Waals surface area contributed by atoms with Crippen molar-refractivity contribution >= 4 is 0 Å². The number of likely N-dealkylation sites (tertiary alicyclic amines) is 2. The maximum absolute atomic E-state index is 3.33. The molecule has 21 heavy (non-hydrogen) atoms. The van der Waals surface area contributed by atoms with Gasteiger partial charge in [0.05, 0.1) is 6.54 Å². The fraction of sp³-hybridized carbons (Fsp3) is 0.895. The van der Waals surface area contributed by atoms with Gasteiger partial charge in [0, 0.05) is 25.6 Å². The van der Waals surface area contributed by atoms with E-state index in [-0.39, 0.29) is 0 Å². The molecule has 2 heteroatoms. The molecular weight excluding hydrogens is 256 g/mol. The van der Waals surface area contributed by atoms with Crippen molar-refractivity contribution in [1.29, 1.82) is 0 Å². The molecule has 0 aromatic rings. The van der Waals surface area contributed by atoms with Gasteiger partial charge in [-0.2, -0.15) is 0 Å². The third kappa shape index (κ3) is 4.73. The lowest BCUT2D eigenvalue weighted by molar-refractivity contribution is -0.0516. The molecule has 2 saturated heterocycles. The third-order valence-corrected chi connectivity index (χ3v) is 5.40. The minimum atomic E-state index is 0.506. The minimum Gasteiger partial charge on any atom is -0.302 e. The van der Waals surface area contributed by atoms with Crippen LogP contribution >= 0.6 is 0 Å². The molecule has 2 nitrogen and oxygen atoms in total. The van der Waals surface area contributed by atoms with E-state index in [9.17, 15) is 0 Å². The summed E-state index contributed by atoms with van der Waals surface area (Å²) in [6.45, 7) is 16.5. The molecule has 0 amide bonds. The van der Waals surface area contributed by atoms with Crippen molar-refractivity contribution < 1.29 is 0 Å². The highest BCUT2D eigenvalue weighted by atomic mass is 15.2. The summed E-state index contributed by atoms with van der Waals surface area (Å²) in [5.41, 5.74) is 0.661. The first-order valence-electron chi connectivity index (χ1n) is 9.00. The van der Waals surface area contributed by atoms with Crippen LogP contribution in [0.5, 0.6) is 0 Å². The van der Waals surface area contributed by atoms with Crippen molar-refractivity contribution in [1.82, 2.24) is 9.80 Å². The van der Waals surface area contributed by atoms with Gasteiger partial charge in [0.2, 0.25) is 0 Å². The Hall–Kier alpha value is -0.520. The highest BCUT2D eigenvalue weighted by Crippen LogP contribution is 2.40. The molecule has 2 rings (SSSR count). The zero-order chi connectivity index (χ0) is 15.3. The van der Waals surface area contributed by atoms with Gasteiger partial charge in [-0.05, 0) is 37.3 Å². The van der Waals surface area contributed by atoms with Crippen LogP contribution in [0.25, 0.3) is 0 Å². The molecule has 0 aromatic carbocycles. The van der Waals surface area contributed by atoms with Crippen molar-refractivity contribution in [3.63, 3.8) is 0 Å². The van der Waals surface area contributed by atoms with Crippen LogP contribution in [0.3, 0.4) is 0 Å². The van der Waals surface area contributed by atoms with Crippen molar-refractivity contribution in [2.45, 2.75) is 53.4 Å². The Morgan fingerprint density at radius 1 is 1.00 bits per heavy atom. The summed E-state index contributed by atoms with van der Waals surface area (Å²) in [5.74, 6) is 8.03. The van der Waals surface area contributed by atoms with Crippen molar-refractivity contribution in [3.05, 3.63) is 0 Å². The molecule has 0 atom stereocenters. The van der Waals surface area contributed by atoms with Crippen LogP contribution in [0, 0.1) is 29.1 Å². The highest BCUT2D eigenvalue weighted by Gasteiger charge is 2.44. The van der Waals surface area contributed by atoms with Crippen LogP contribution in [-0.4, -0.2) is 49.1 Å². The van der Waals surface area contributed by atoms with Crippen molar-refractivity contribution in [2.75, 3.05) is 39.3 Å². The van der Waals surface area contributed by atoms with Gasteiger partial charge in [0.25, 0.3) is 0 Å². The van der Waals surface area contributed by atoms with Crippen LogP contribution in [0.1, 0.15) is 53.4 Å². The quantitative estimate of drug-likeness (QED) is 0.715. The van der Waals surface area contributed by atoms with E-state index in [4.69, 9.17) is 0 Å². The van der Waals surface area contributed by atoms with E-state index in [2.05, 4.69) is 49.3 Å². The Balaban J connectivity index is 1.68. The monoisotopic (exact) mass is 290 g/mol. The summed E-state index contributed by atoms with van der Waals surface area (Å²) in [4.78, 5) is 5.25. The first-order chi connectivity index (χ1) is 10.1. The molecule has 1 spiro atoms. The lowest BCUT2D eigenvalue weighted by atomic mass is 9.71. The molecule has 2 heterocycles. The van der Waals surface area contributed by atoms with Gasteiger partial charge in [-0.15, -0.1) is 0 Å². The second-order valence-electron chi connectivity index (χ2n) is 7.60. The average molecular weight is 290 g/mol. The molecule has 2 fully saturated rings. The summed E-state index contributed by atoms with van der Waals surface area (Å²) in [6.07, 6.45) is 5.44. The number of piperidine rings is 1. The number of nitrogens with zero attached hydrogens (tertiary/aromatic N) is 2. The standard InChI is InChI=1S/C19H34N2/c1-5-18(6-2)14-21-15-19(16-21)9-12-20(13-10-19)11-7-8-17(3)4/h17-18H,5-6,9-16H2,1-4H3. The highest BCUT2D eigenvalue weighted by molar-refractivity contribution is 5.05. The predicted octanol–water partition coefficient (Wildman–Crippen LogP) is 3.48. The van der Waals surface area contributed by atoms with Gasteiger partial charge in [0.15, 0.2) is 0 Å². The molecule has 0 saturated carbocycles.